The van der Waals surface area contributed by atoms with Crippen LogP contribution in [0.2, 0.25) is 0 Å². The molecule has 0 saturated heterocycles. The average molecular weight is 583 g/mol. The first-order valence-electron chi connectivity index (χ1n) is 16.2. The molecule has 238 valence electrons. The van der Waals surface area contributed by atoms with Gasteiger partial charge in [-0.1, -0.05) is 78.6 Å². The van der Waals surface area contributed by atoms with Gasteiger partial charge in [-0.05, 0) is 76.5 Å². The third kappa shape index (κ3) is 15.0. The van der Waals surface area contributed by atoms with Crippen LogP contribution in [0.4, 0.5) is 0 Å². The first kappa shape index (κ1) is 36.3. The molecule has 0 spiro atoms. The summed E-state index contributed by atoms with van der Waals surface area (Å²) >= 11 is 0. The fourth-order valence-corrected chi connectivity index (χ4v) is 4.90. The van der Waals surface area contributed by atoms with Crippen LogP contribution in [0.25, 0.3) is 0 Å². The Bertz CT molecular complexity index is 1060. The fraction of sp³-hybridized carbons (Fsp3) is 0.676. The van der Waals surface area contributed by atoms with Crippen molar-refractivity contribution >= 4 is 0 Å². The largest absolute Gasteiger partial charge is 0.491 e. The summed E-state index contributed by atoms with van der Waals surface area (Å²) in [6.45, 7) is 17.8. The lowest BCUT2D eigenvalue weighted by atomic mass is 9.84. The first-order chi connectivity index (χ1) is 19.5. The van der Waals surface area contributed by atoms with Gasteiger partial charge >= 0.3 is 0 Å². The van der Waals surface area contributed by atoms with E-state index >= 15 is 0 Å². The number of nitrogens with one attached hydrogen (secondary N) is 1. The van der Waals surface area contributed by atoms with Crippen LogP contribution in [0.1, 0.15) is 95.0 Å². The number of benzene rings is 2. The topological polar surface area (TPSA) is 33.7 Å². The number of hydrazine groups is 1. The standard InChI is InChI=1S/C37H64N3O2/c1-36(2,3)33-25-30(24-32(27-33)18-20-40(9,10)11)16-14-12-13-15-21-41-22-23-42-35-28-31(17-19-38-39(7)8)26-34(29-35)37(4,5)6/h24-29,38H,12-23H2,1-11H3/q+1. The van der Waals surface area contributed by atoms with Crippen molar-refractivity contribution in [2.24, 2.45) is 0 Å². The van der Waals surface area contributed by atoms with Gasteiger partial charge < -0.3 is 14.0 Å². The van der Waals surface area contributed by atoms with Crippen LogP contribution in [0.3, 0.4) is 0 Å². The van der Waals surface area contributed by atoms with Crippen molar-refractivity contribution in [2.75, 3.05) is 68.1 Å². The van der Waals surface area contributed by atoms with Crippen LogP contribution in [0, 0.1) is 0 Å². The van der Waals surface area contributed by atoms with Crippen LogP contribution in [-0.2, 0) is 34.8 Å². The van der Waals surface area contributed by atoms with Gasteiger partial charge in [-0.3, -0.25) is 10.4 Å². The number of hydrogen-bond donors (Lipinski definition) is 1. The molecular weight excluding hydrogens is 518 g/mol. The van der Waals surface area contributed by atoms with Crippen molar-refractivity contribution in [1.29, 1.82) is 0 Å². The summed E-state index contributed by atoms with van der Waals surface area (Å²) in [5, 5.41) is 2.00. The van der Waals surface area contributed by atoms with Gasteiger partial charge in [-0.2, -0.15) is 0 Å². The van der Waals surface area contributed by atoms with Crippen LogP contribution < -0.4 is 10.2 Å². The third-order valence-electron chi connectivity index (χ3n) is 7.66. The SMILES string of the molecule is CN(C)NCCc1cc(OCCOCCCCCCc2cc(CC[N+](C)(C)C)cc(C(C)(C)C)c2)cc(C(C)(C)C)c1. The summed E-state index contributed by atoms with van der Waals surface area (Å²) in [6.07, 6.45) is 8.08. The first-order valence-corrected chi connectivity index (χ1v) is 16.2. The molecule has 0 aromatic heterocycles. The molecule has 0 aliphatic rings. The van der Waals surface area contributed by atoms with E-state index in [2.05, 4.69) is 105 Å². The number of nitrogens with zero attached hydrogens (tertiary/aromatic N) is 2. The summed E-state index contributed by atoms with van der Waals surface area (Å²) in [4.78, 5) is 0. The van der Waals surface area contributed by atoms with Gasteiger partial charge in [0, 0.05) is 33.7 Å². The van der Waals surface area contributed by atoms with E-state index in [1.807, 2.05) is 19.1 Å². The maximum absolute atomic E-state index is 6.13. The van der Waals surface area contributed by atoms with E-state index in [-0.39, 0.29) is 10.8 Å². The molecule has 2 rings (SSSR count). The summed E-state index contributed by atoms with van der Waals surface area (Å²) < 4.78 is 13.1. The van der Waals surface area contributed by atoms with Gasteiger partial charge in [0.05, 0.1) is 34.3 Å². The number of ether oxygens (including phenoxy) is 2. The maximum Gasteiger partial charge on any atom is 0.119 e. The average Bonchev–Trinajstić information content (AvgIpc) is 2.87. The molecule has 0 heterocycles. The molecule has 0 bridgehead atoms. The van der Waals surface area contributed by atoms with Crippen LogP contribution in [0.5, 0.6) is 5.75 Å². The Kier molecular flexibility index (Phi) is 14.5. The van der Waals surface area contributed by atoms with Gasteiger partial charge in [0.25, 0.3) is 0 Å². The maximum atomic E-state index is 6.13. The van der Waals surface area contributed by atoms with Crippen molar-refractivity contribution in [2.45, 2.75) is 97.3 Å². The monoisotopic (exact) mass is 582 g/mol. The van der Waals surface area contributed by atoms with Crippen molar-refractivity contribution in [3.63, 3.8) is 0 Å². The van der Waals surface area contributed by atoms with Crippen molar-refractivity contribution in [1.82, 2.24) is 10.4 Å². The highest BCUT2D eigenvalue weighted by Crippen LogP contribution is 2.28. The molecule has 0 amide bonds. The molecule has 0 saturated carbocycles. The fourth-order valence-electron chi connectivity index (χ4n) is 4.90. The molecule has 42 heavy (non-hydrogen) atoms. The Morgan fingerprint density at radius 1 is 0.643 bits per heavy atom. The minimum atomic E-state index is 0.0862. The number of rotatable bonds is 18. The Labute approximate surface area is 259 Å². The Morgan fingerprint density at radius 2 is 1.21 bits per heavy atom. The van der Waals surface area contributed by atoms with Gasteiger partial charge in [0.1, 0.15) is 12.4 Å². The van der Waals surface area contributed by atoms with E-state index in [0.717, 1.165) is 55.6 Å². The molecule has 2 aromatic carbocycles. The van der Waals surface area contributed by atoms with E-state index < -0.39 is 0 Å². The Balaban J connectivity index is 1.71. The smallest absolute Gasteiger partial charge is 0.119 e. The summed E-state index contributed by atoms with van der Waals surface area (Å²) in [6, 6.07) is 14.0. The number of quaternary nitrogens is 1. The van der Waals surface area contributed by atoms with E-state index in [9.17, 15) is 0 Å². The van der Waals surface area contributed by atoms with Crippen LogP contribution in [-0.4, -0.2) is 77.6 Å². The molecule has 0 atom stereocenters. The molecule has 0 unspecified atom stereocenters. The molecule has 5 heteroatoms. The highest BCUT2D eigenvalue weighted by atomic mass is 16.5. The number of unbranched alkanes of at least 4 members (excludes halogenated alkanes) is 3. The number of likely N-dealkylation sites (N-methyl/N-ethyl adjacent to an activating group) is 1. The molecule has 1 N–H and O–H groups in total. The second-order valence-corrected chi connectivity index (χ2v) is 15.3. The summed E-state index contributed by atoms with van der Waals surface area (Å²) in [7, 11) is 10.9. The van der Waals surface area contributed by atoms with Crippen molar-refractivity contribution in [3.8, 4) is 5.75 Å². The zero-order chi connectivity index (χ0) is 31.4. The Morgan fingerprint density at radius 3 is 1.81 bits per heavy atom. The van der Waals surface area contributed by atoms with Crippen molar-refractivity contribution in [3.05, 3.63) is 64.2 Å². The van der Waals surface area contributed by atoms with E-state index in [4.69, 9.17) is 9.47 Å². The molecule has 0 fully saturated rings. The predicted octanol–water partition coefficient (Wildman–Crippen LogP) is 7.34. The number of hydrogen-bond acceptors (Lipinski definition) is 4. The lowest BCUT2D eigenvalue weighted by Crippen LogP contribution is -2.36. The quantitative estimate of drug-likeness (QED) is 0.113. The zero-order valence-corrected chi connectivity index (χ0v) is 29.2. The molecule has 5 nitrogen and oxygen atoms in total. The Hall–Kier alpha value is -1.92. The van der Waals surface area contributed by atoms with Gasteiger partial charge in [-0.15, -0.1) is 0 Å². The van der Waals surface area contributed by atoms with E-state index in [0.29, 0.717) is 13.2 Å². The second-order valence-electron chi connectivity index (χ2n) is 15.3. The van der Waals surface area contributed by atoms with Crippen molar-refractivity contribution < 1.29 is 14.0 Å². The minimum Gasteiger partial charge on any atom is -0.491 e. The minimum absolute atomic E-state index is 0.0862. The normalized spacial score (nSPS) is 12.8. The van der Waals surface area contributed by atoms with E-state index in [1.165, 1.54) is 47.1 Å². The second kappa shape index (κ2) is 16.8. The molecule has 0 aliphatic carbocycles. The molecule has 0 radical (unpaired) electrons. The lowest BCUT2D eigenvalue weighted by Gasteiger charge is -2.25. The number of aryl methyl sites for hydroxylation is 1. The zero-order valence-electron chi connectivity index (χ0n) is 29.2. The highest BCUT2D eigenvalue weighted by Gasteiger charge is 2.17. The third-order valence-corrected chi connectivity index (χ3v) is 7.66. The molecule has 2 aromatic rings. The van der Waals surface area contributed by atoms with Gasteiger partial charge in [-0.25, -0.2) is 0 Å². The predicted molar refractivity (Wildman–Crippen MR) is 181 cm³/mol. The summed E-state index contributed by atoms with van der Waals surface area (Å²) in [5.74, 6) is 0.946. The molecular formula is C37H64N3O2+. The van der Waals surface area contributed by atoms with Gasteiger partial charge in [0.2, 0.25) is 0 Å². The summed E-state index contributed by atoms with van der Waals surface area (Å²) in [5.41, 5.74) is 10.7. The van der Waals surface area contributed by atoms with Crippen LogP contribution >= 0.6 is 0 Å². The van der Waals surface area contributed by atoms with Gasteiger partial charge in [0.15, 0.2) is 0 Å². The van der Waals surface area contributed by atoms with E-state index in [1.54, 1.807) is 0 Å². The van der Waals surface area contributed by atoms with Crippen LogP contribution in [0.15, 0.2) is 36.4 Å². The lowest BCUT2D eigenvalue weighted by molar-refractivity contribution is -0.870. The molecule has 0 aliphatic heterocycles. The highest BCUT2D eigenvalue weighted by molar-refractivity contribution is 5.38.